The van der Waals surface area contributed by atoms with Gasteiger partial charge < -0.3 is 15.3 Å². The molecule has 1 amide bonds. The van der Waals surface area contributed by atoms with Gasteiger partial charge in [-0.3, -0.25) is 4.79 Å². The number of rotatable bonds is 7. The van der Waals surface area contributed by atoms with Crippen molar-refractivity contribution in [1.82, 2.24) is 4.90 Å². The second-order valence-electron chi connectivity index (χ2n) is 8.82. The number of benzene rings is 2. The van der Waals surface area contributed by atoms with Gasteiger partial charge in [0, 0.05) is 29.1 Å². The number of thioether (sulfide) groups is 1. The van der Waals surface area contributed by atoms with E-state index in [-0.39, 0.29) is 30.0 Å². The van der Waals surface area contributed by atoms with Crippen LogP contribution < -0.4 is 5.32 Å². The quantitative estimate of drug-likeness (QED) is 0.475. The second kappa shape index (κ2) is 9.82. The fourth-order valence-corrected chi connectivity index (χ4v) is 4.48. The first-order valence-electron chi connectivity index (χ1n) is 11.0. The van der Waals surface area contributed by atoms with Gasteiger partial charge in [0.25, 0.3) is 0 Å². The lowest BCUT2D eigenvalue weighted by Gasteiger charge is -2.32. The van der Waals surface area contributed by atoms with E-state index in [4.69, 9.17) is 0 Å². The first-order chi connectivity index (χ1) is 14.7. The van der Waals surface area contributed by atoms with Crippen molar-refractivity contribution in [3.8, 4) is 0 Å². The number of nitrogens with one attached hydrogen (secondary N) is 1. The zero-order chi connectivity index (χ0) is 22.7. The molecule has 1 unspecified atom stereocenters. The fourth-order valence-electron chi connectivity index (χ4n) is 4.07. The summed E-state index contributed by atoms with van der Waals surface area (Å²) in [6, 6.07) is 14.6. The van der Waals surface area contributed by atoms with Gasteiger partial charge in [-0.05, 0) is 54.8 Å². The van der Waals surface area contributed by atoms with E-state index in [1.807, 2.05) is 37.8 Å². The van der Waals surface area contributed by atoms with Crippen LogP contribution in [0.15, 0.2) is 58.8 Å². The number of fused-ring (bicyclic) bond motifs is 1. The number of hydrogen-bond donors (Lipinski definition) is 2. The Balaban J connectivity index is 1.82. The van der Waals surface area contributed by atoms with Crippen LogP contribution in [-0.2, 0) is 11.3 Å². The van der Waals surface area contributed by atoms with Gasteiger partial charge in [-0.15, -0.1) is 11.8 Å². The Morgan fingerprint density at radius 1 is 1.13 bits per heavy atom. The first-order valence-corrected chi connectivity index (χ1v) is 12.2. The van der Waals surface area contributed by atoms with E-state index in [9.17, 15) is 9.90 Å². The average molecular weight is 439 g/mol. The number of carbonyl (C=O) groups excluding carboxylic acids is 1. The number of nitrogens with zero attached hydrogens (tertiary/aromatic N) is 1. The normalized spacial score (nSPS) is 15.8. The van der Waals surface area contributed by atoms with Crippen LogP contribution in [0.2, 0.25) is 0 Å². The summed E-state index contributed by atoms with van der Waals surface area (Å²) < 4.78 is 0. The number of allylic oxidation sites excluding steroid dienone is 1. The molecule has 1 aliphatic heterocycles. The van der Waals surface area contributed by atoms with E-state index in [0.29, 0.717) is 18.2 Å². The minimum Gasteiger partial charge on any atom is -0.510 e. The maximum Gasteiger partial charge on any atom is 0.229 e. The molecule has 1 aliphatic rings. The number of aliphatic hydroxyl groups excluding tert-OH is 1. The van der Waals surface area contributed by atoms with Gasteiger partial charge >= 0.3 is 0 Å². The van der Waals surface area contributed by atoms with Gasteiger partial charge in [-0.25, -0.2) is 0 Å². The molecule has 0 radical (unpaired) electrons. The van der Waals surface area contributed by atoms with Crippen LogP contribution in [0.5, 0.6) is 0 Å². The largest absolute Gasteiger partial charge is 0.510 e. The molecule has 166 valence electrons. The van der Waals surface area contributed by atoms with Crippen molar-refractivity contribution in [2.75, 3.05) is 11.6 Å². The maximum absolute atomic E-state index is 13.3. The molecular weight excluding hydrogens is 404 g/mol. The highest BCUT2D eigenvalue weighted by Crippen LogP contribution is 2.41. The predicted octanol–water partition coefficient (Wildman–Crippen LogP) is 6.66. The molecule has 1 atom stereocenters. The standard InChI is InChI=1S/C26H34N2O2S/c1-16(2)21-8-7-9-22-18(5)26(30)23(27-25(21)22)14-24(29)28(17(3)4)15-19-10-12-20(31-6)13-11-19/h7-13,16-18,27,30H,14-15H2,1-6H3. The number of amides is 1. The predicted molar refractivity (Wildman–Crippen MR) is 131 cm³/mol. The summed E-state index contributed by atoms with van der Waals surface area (Å²) in [6.45, 7) is 10.9. The highest BCUT2D eigenvalue weighted by molar-refractivity contribution is 7.98. The molecule has 1 heterocycles. The maximum atomic E-state index is 13.3. The van der Waals surface area contributed by atoms with Crippen LogP contribution in [-0.4, -0.2) is 28.2 Å². The Kier molecular flexibility index (Phi) is 7.37. The number of aliphatic hydroxyl groups is 1. The summed E-state index contributed by atoms with van der Waals surface area (Å²) in [5.41, 5.74) is 5.04. The zero-order valence-corrected chi connectivity index (χ0v) is 20.2. The molecule has 0 aromatic heterocycles. The molecule has 0 saturated carbocycles. The Hall–Kier alpha value is -2.40. The molecule has 2 aromatic carbocycles. The summed E-state index contributed by atoms with van der Waals surface area (Å²) in [4.78, 5) is 16.4. The SMILES string of the molecule is CSc1ccc(CN(C(=O)CC2=C(O)C(C)c3cccc(C(C)C)c3N2)C(C)C)cc1. The molecular formula is C26H34N2O2S. The van der Waals surface area contributed by atoms with Gasteiger partial charge in [-0.1, -0.05) is 51.1 Å². The summed E-state index contributed by atoms with van der Waals surface area (Å²) in [6.07, 6.45) is 2.21. The lowest BCUT2D eigenvalue weighted by atomic mass is 9.87. The van der Waals surface area contributed by atoms with E-state index in [2.05, 4.69) is 55.8 Å². The number of hydrogen-bond acceptors (Lipinski definition) is 4. The smallest absolute Gasteiger partial charge is 0.229 e. The van der Waals surface area contributed by atoms with Crippen LogP contribution >= 0.6 is 11.8 Å². The molecule has 31 heavy (non-hydrogen) atoms. The third kappa shape index (κ3) is 5.09. The van der Waals surface area contributed by atoms with Crippen molar-refractivity contribution in [2.45, 2.75) is 70.4 Å². The Morgan fingerprint density at radius 3 is 2.39 bits per heavy atom. The molecule has 0 spiro atoms. The molecule has 2 N–H and O–H groups in total. The molecule has 5 heteroatoms. The zero-order valence-electron chi connectivity index (χ0n) is 19.4. The van der Waals surface area contributed by atoms with Gasteiger partial charge in [0.2, 0.25) is 5.91 Å². The van der Waals surface area contributed by atoms with Crippen molar-refractivity contribution in [3.63, 3.8) is 0 Å². The third-order valence-electron chi connectivity index (χ3n) is 6.00. The first kappa shape index (κ1) is 23.3. The topological polar surface area (TPSA) is 52.6 Å². The summed E-state index contributed by atoms with van der Waals surface area (Å²) in [7, 11) is 0. The minimum atomic E-state index is -0.135. The van der Waals surface area contributed by atoms with E-state index in [0.717, 1.165) is 16.8 Å². The van der Waals surface area contributed by atoms with Gasteiger partial charge in [0.1, 0.15) is 5.76 Å². The van der Waals surface area contributed by atoms with Gasteiger partial charge in [0.15, 0.2) is 0 Å². The van der Waals surface area contributed by atoms with Crippen LogP contribution in [0.25, 0.3) is 0 Å². The second-order valence-corrected chi connectivity index (χ2v) is 9.70. The molecule has 0 bridgehead atoms. The summed E-state index contributed by atoms with van der Waals surface area (Å²) >= 11 is 1.71. The van der Waals surface area contributed by atoms with Crippen LogP contribution in [0.1, 0.15) is 69.6 Å². The van der Waals surface area contributed by atoms with Crippen LogP contribution in [0.4, 0.5) is 5.69 Å². The van der Waals surface area contributed by atoms with Crippen LogP contribution in [0, 0.1) is 0 Å². The monoisotopic (exact) mass is 438 g/mol. The average Bonchev–Trinajstić information content (AvgIpc) is 2.75. The fraction of sp³-hybridized carbons (Fsp3) is 0.423. The van der Waals surface area contributed by atoms with E-state index in [1.54, 1.807) is 11.8 Å². The molecule has 0 saturated heterocycles. The summed E-state index contributed by atoms with van der Waals surface area (Å²) in [5, 5.41) is 14.3. The van der Waals surface area contributed by atoms with Gasteiger partial charge in [-0.2, -0.15) is 0 Å². The van der Waals surface area contributed by atoms with Crippen molar-refractivity contribution in [3.05, 3.63) is 70.6 Å². The van der Waals surface area contributed by atoms with E-state index in [1.165, 1.54) is 10.5 Å². The molecule has 0 fully saturated rings. The van der Waals surface area contributed by atoms with Crippen molar-refractivity contribution in [1.29, 1.82) is 0 Å². The van der Waals surface area contributed by atoms with Gasteiger partial charge in [0.05, 0.1) is 12.1 Å². The molecule has 4 nitrogen and oxygen atoms in total. The lowest BCUT2D eigenvalue weighted by molar-refractivity contribution is -0.132. The van der Waals surface area contributed by atoms with Crippen molar-refractivity contribution in [2.24, 2.45) is 0 Å². The molecule has 3 rings (SSSR count). The lowest BCUT2D eigenvalue weighted by Crippen LogP contribution is -2.37. The van der Waals surface area contributed by atoms with Crippen LogP contribution in [0.3, 0.4) is 0 Å². The Bertz CT molecular complexity index is 964. The molecule has 2 aromatic rings. The molecule has 0 aliphatic carbocycles. The Labute approximate surface area is 190 Å². The van der Waals surface area contributed by atoms with E-state index < -0.39 is 0 Å². The minimum absolute atomic E-state index is 0.00988. The van der Waals surface area contributed by atoms with Crippen molar-refractivity contribution < 1.29 is 9.90 Å². The number of para-hydroxylation sites is 1. The Morgan fingerprint density at radius 2 is 1.81 bits per heavy atom. The third-order valence-corrected chi connectivity index (χ3v) is 6.74. The summed E-state index contributed by atoms with van der Waals surface area (Å²) in [5.74, 6) is 0.484. The highest BCUT2D eigenvalue weighted by Gasteiger charge is 2.29. The van der Waals surface area contributed by atoms with E-state index >= 15 is 0 Å². The number of carbonyl (C=O) groups is 1. The van der Waals surface area contributed by atoms with Crippen molar-refractivity contribution >= 4 is 23.4 Å². The number of anilines is 1. The highest BCUT2D eigenvalue weighted by atomic mass is 32.2.